The Morgan fingerprint density at radius 1 is 0.889 bits per heavy atom. The van der Waals surface area contributed by atoms with Crippen LogP contribution in [0.5, 0.6) is 0 Å². The summed E-state index contributed by atoms with van der Waals surface area (Å²) in [6.45, 7) is 13.4. The summed E-state index contributed by atoms with van der Waals surface area (Å²) in [5.41, 5.74) is 6.07. The summed E-state index contributed by atoms with van der Waals surface area (Å²) in [7, 11) is 0. The largest absolute Gasteiger partial charge is 0.330 e. The molecule has 0 fully saturated rings. The number of hydrogen-bond acceptors (Lipinski definition) is 2. The zero-order valence-electron chi connectivity index (χ0n) is 13.3. The minimum atomic E-state index is 0.261. The van der Waals surface area contributed by atoms with Crippen LogP contribution in [0.15, 0.2) is 0 Å². The van der Waals surface area contributed by atoms with Gasteiger partial charge in [-0.3, -0.25) is 0 Å². The lowest BCUT2D eigenvalue weighted by atomic mass is 9.93. The van der Waals surface area contributed by atoms with Gasteiger partial charge in [-0.25, -0.2) is 0 Å². The fraction of sp³-hybridized carbons (Fsp3) is 1.00. The number of unbranched alkanes of at least 4 members (excludes halogenated alkanes) is 6. The Kier molecular flexibility index (Phi) is 10.8. The Bertz CT molecular complexity index is 178. The molecule has 0 atom stereocenters. The van der Waals surface area contributed by atoms with Crippen molar-refractivity contribution in [1.29, 1.82) is 0 Å². The van der Waals surface area contributed by atoms with Crippen molar-refractivity contribution >= 4 is 0 Å². The summed E-state index contributed by atoms with van der Waals surface area (Å²) in [6.07, 6.45) is 9.76. The average molecular weight is 256 g/mol. The van der Waals surface area contributed by atoms with Crippen LogP contribution < -0.4 is 5.73 Å². The van der Waals surface area contributed by atoms with Crippen LogP contribution in [0.2, 0.25) is 0 Å². The summed E-state index contributed by atoms with van der Waals surface area (Å²) in [6, 6.07) is 0. The summed E-state index contributed by atoms with van der Waals surface area (Å²) < 4.78 is 0. The number of nitrogens with two attached hydrogens (primary N) is 1. The first-order valence-corrected chi connectivity index (χ1v) is 7.98. The number of hydrogen-bond donors (Lipinski definition) is 1. The van der Waals surface area contributed by atoms with Gasteiger partial charge in [0.1, 0.15) is 0 Å². The van der Waals surface area contributed by atoms with Gasteiger partial charge < -0.3 is 10.6 Å². The first-order chi connectivity index (χ1) is 8.55. The monoisotopic (exact) mass is 256 g/mol. The SMILES string of the molecule is CCCCCCCCCN(CC)CC(C)(C)CN. The molecule has 0 aromatic heterocycles. The van der Waals surface area contributed by atoms with E-state index in [1.54, 1.807) is 0 Å². The van der Waals surface area contributed by atoms with E-state index in [2.05, 4.69) is 32.6 Å². The molecule has 0 saturated carbocycles. The lowest BCUT2D eigenvalue weighted by Gasteiger charge is -2.31. The molecule has 0 amide bonds. The molecule has 0 unspecified atom stereocenters. The van der Waals surface area contributed by atoms with Gasteiger partial charge in [-0.15, -0.1) is 0 Å². The Hall–Kier alpha value is -0.0800. The molecular weight excluding hydrogens is 220 g/mol. The molecule has 0 bridgehead atoms. The van der Waals surface area contributed by atoms with Crippen LogP contribution in [0, 0.1) is 5.41 Å². The first-order valence-electron chi connectivity index (χ1n) is 7.98. The third kappa shape index (κ3) is 9.90. The standard InChI is InChI=1S/C16H36N2/c1-5-7-8-9-10-11-12-13-18(6-2)15-16(3,4)14-17/h5-15,17H2,1-4H3. The van der Waals surface area contributed by atoms with E-state index < -0.39 is 0 Å². The molecule has 0 spiro atoms. The number of rotatable bonds is 12. The van der Waals surface area contributed by atoms with Crippen molar-refractivity contribution < 1.29 is 0 Å². The lowest BCUT2D eigenvalue weighted by molar-refractivity contribution is 0.187. The van der Waals surface area contributed by atoms with Crippen molar-refractivity contribution in [1.82, 2.24) is 4.90 Å². The van der Waals surface area contributed by atoms with Crippen molar-refractivity contribution in [2.24, 2.45) is 11.1 Å². The van der Waals surface area contributed by atoms with E-state index in [0.717, 1.165) is 19.6 Å². The topological polar surface area (TPSA) is 29.3 Å². The van der Waals surface area contributed by atoms with Crippen molar-refractivity contribution in [2.45, 2.75) is 72.6 Å². The van der Waals surface area contributed by atoms with Gasteiger partial charge in [-0.2, -0.15) is 0 Å². The van der Waals surface area contributed by atoms with Gasteiger partial charge in [0.05, 0.1) is 0 Å². The van der Waals surface area contributed by atoms with Gasteiger partial charge in [0, 0.05) is 6.54 Å². The minimum Gasteiger partial charge on any atom is -0.330 e. The predicted molar refractivity (Wildman–Crippen MR) is 82.9 cm³/mol. The highest BCUT2D eigenvalue weighted by Crippen LogP contribution is 2.15. The van der Waals surface area contributed by atoms with Crippen LogP contribution in [0.25, 0.3) is 0 Å². The van der Waals surface area contributed by atoms with Gasteiger partial charge in [0.15, 0.2) is 0 Å². The highest BCUT2D eigenvalue weighted by atomic mass is 15.1. The molecule has 18 heavy (non-hydrogen) atoms. The Balaban J connectivity index is 3.56. The maximum Gasteiger partial charge on any atom is 0.00446 e. The van der Waals surface area contributed by atoms with Gasteiger partial charge in [0.25, 0.3) is 0 Å². The molecule has 2 heteroatoms. The third-order valence-electron chi connectivity index (χ3n) is 3.73. The molecular formula is C16H36N2. The molecule has 0 aromatic rings. The molecule has 2 nitrogen and oxygen atoms in total. The van der Waals surface area contributed by atoms with E-state index in [-0.39, 0.29) is 5.41 Å². The Morgan fingerprint density at radius 3 is 1.94 bits per heavy atom. The summed E-state index contributed by atoms with van der Waals surface area (Å²) in [4.78, 5) is 2.55. The summed E-state index contributed by atoms with van der Waals surface area (Å²) >= 11 is 0. The van der Waals surface area contributed by atoms with E-state index >= 15 is 0 Å². The fourth-order valence-corrected chi connectivity index (χ4v) is 2.31. The van der Waals surface area contributed by atoms with Crippen LogP contribution in [-0.2, 0) is 0 Å². The molecule has 0 rings (SSSR count). The van der Waals surface area contributed by atoms with Gasteiger partial charge in [-0.1, -0.05) is 66.2 Å². The maximum absolute atomic E-state index is 5.81. The molecule has 0 aliphatic heterocycles. The summed E-state index contributed by atoms with van der Waals surface area (Å²) in [5.74, 6) is 0. The zero-order chi connectivity index (χ0) is 13.9. The number of nitrogens with zero attached hydrogens (tertiary/aromatic N) is 1. The molecule has 110 valence electrons. The van der Waals surface area contributed by atoms with Crippen LogP contribution in [0.4, 0.5) is 0 Å². The molecule has 0 aromatic carbocycles. The first kappa shape index (κ1) is 17.9. The molecule has 0 saturated heterocycles. The lowest BCUT2D eigenvalue weighted by Crippen LogP contribution is -2.39. The zero-order valence-corrected chi connectivity index (χ0v) is 13.3. The second kappa shape index (κ2) is 10.8. The van der Waals surface area contributed by atoms with Gasteiger partial charge in [0.2, 0.25) is 0 Å². The van der Waals surface area contributed by atoms with Crippen molar-refractivity contribution in [3.05, 3.63) is 0 Å². The van der Waals surface area contributed by atoms with Gasteiger partial charge in [-0.05, 0) is 31.5 Å². The third-order valence-corrected chi connectivity index (χ3v) is 3.73. The quantitative estimate of drug-likeness (QED) is 0.534. The normalized spacial score (nSPS) is 12.3. The van der Waals surface area contributed by atoms with Crippen LogP contribution in [0.1, 0.15) is 72.6 Å². The second-order valence-electron chi connectivity index (χ2n) is 6.36. The van der Waals surface area contributed by atoms with Crippen molar-refractivity contribution in [2.75, 3.05) is 26.2 Å². The smallest absolute Gasteiger partial charge is 0.00446 e. The molecule has 2 N–H and O–H groups in total. The van der Waals surface area contributed by atoms with Crippen molar-refractivity contribution in [3.63, 3.8) is 0 Å². The van der Waals surface area contributed by atoms with Crippen LogP contribution in [0.3, 0.4) is 0 Å². The van der Waals surface area contributed by atoms with E-state index in [0.29, 0.717) is 0 Å². The fourth-order valence-electron chi connectivity index (χ4n) is 2.31. The highest BCUT2D eigenvalue weighted by Gasteiger charge is 2.18. The Labute approximate surface area is 115 Å². The highest BCUT2D eigenvalue weighted by molar-refractivity contribution is 4.74. The predicted octanol–water partition coefficient (Wildman–Crippen LogP) is 4.04. The van der Waals surface area contributed by atoms with Crippen molar-refractivity contribution in [3.8, 4) is 0 Å². The minimum absolute atomic E-state index is 0.261. The second-order valence-corrected chi connectivity index (χ2v) is 6.36. The van der Waals surface area contributed by atoms with E-state index in [9.17, 15) is 0 Å². The van der Waals surface area contributed by atoms with E-state index in [4.69, 9.17) is 5.73 Å². The van der Waals surface area contributed by atoms with Crippen LogP contribution >= 0.6 is 0 Å². The van der Waals surface area contributed by atoms with E-state index in [1.165, 1.54) is 51.5 Å². The molecule has 0 radical (unpaired) electrons. The maximum atomic E-state index is 5.81. The Morgan fingerprint density at radius 2 is 1.44 bits per heavy atom. The van der Waals surface area contributed by atoms with Crippen LogP contribution in [-0.4, -0.2) is 31.1 Å². The molecule has 0 heterocycles. The summed E-state index contributed by atoms with van der Waals surface area (Å²) in [5, 5.41) is 0. The van der Waals surface area contributed by atoms with E-state index in [1.807, 2.05) is 0 Å². The molecule has 0 aliphatic carbocycles. The average Bonchev–Trinajstić information content (AvgIpc) is 2.36. The van der Waals surface area contributed by atoms with Gasteiger partial charge >= 0.3 is 0 Å². The molecule has 0 aliphatic rings.